The third kappa shape index (κ3) is 1.93. The van der Waals surface area contributed by atoms with Crippen LogP contribution in [0, 0.1) is 0 Å². The van der Waals surface area contributed by atoms with Crippen LogP contribution in [0.3, 0.4) is 0 Å². The molecule has 3 aromatic rings. The van der Waals surface area contributed by atoms with E-state index in [9.17, 15) is 0 Å². The zero-order valence-electron chi connectivity index (χ0n) is 9.69. The van der Waals surface area contributed by atoms with Gasteiger partial charge in [-0.25, -0.2) is 4.98 Å². The highest BCUT2D eigenvalue weighted by Crippen LogP contribution is 2.27. The SMILES string of the molecule is Cn1c(-c2cccc(Cl)c2)nc2cc(Br)ccc21. The van der Waals surface area contributed by atoms with E-state index in [1.807, 2.05) is 43.4 Å². The first-order chi connectivity index (χ1) is 8.65. The Morgan fingerprint density at radius 3 is 2.78 bits per heavy atom. The molecular formula is C14H10BrClN2. The van der Waals surface area contributed by atoms with Crippen LogP contribution in [-0.2, 0) is 7.05 Å². The van der Waals surface area contributed by atoms with Gasteiger partial charge in [-0.15, -0.1) is 0 Å². The molecule has 0 aliphatic carbocycles. The van der Waals surface area contributed by atoms with Crippen molar-refractivity contribution >= 4 is 38.6 Å². The Kier molecular flexibility index (Phi) is 2.88. The van der Waals surface area contributed by atoms with Crippen LogP contribution in [-0.4, -0.2) is 9.55 Å². The second kappa shape index (κ2) is 4.41. The lowest BCUT2D eigenvalue weighted by Gasteiger charge is -2.02. The number of fused-ring (bicyclic) bond motifs is 1. The maximum atomic E-state index is 6.03. The first kappa shape index (κ1) is 11.8. The van der Waals surface area contributed by atoms with Crippen LogP contribution >= 0.6 is 27.5 Å². The molecule has 0 fully saturated rings. The smallest absolute Gasteiger partial charge is 0.140 e. The van der Waals surface area contributed by atoms with Crippen LogP contribution in [0.2, 0.25) is 5.02 Å². The number of halogens is 2. The topological polar surface area (TPSA) is 17.8 Å². The van der Waals surface area contributed by atoms with Gasteiger partial charge in [0.2, 0.25) is 0 Å². The van der Waals surface area contributed by atoms with E-state index < -0.39 is 0 Å². The average molecular weight is 322 g/mol. The minimum absolute atomic E-state index is 0.723. The Hall–Kier alpha value is -1.32. The molecule has 3 rings (SSSR count). The summed E-state index contributed by atoms with van der Waals surface area (Å²) >= 11 is 9.49. The normalized spacial score (nSPS) is 11.1. The van der Waals surface area contributed by atoms with Crippen molar-refractivity contribution < 1.29 is 0 Å². The number of hydrogen-bond acceptors (Lipinski definition) is 1. The number of nitrogens with zero attached hydrogens (tertiary/aromatic N) is 2. The molecule has 0 aliphatic heterocycles. The van der Waals surface area contributed by atoms with Gasteiger partial charge in [0.1, 0.15) is 5.82 Å². The second-order valence-corrected chi connectivity index (χ2v) is 5.49. The molecule has 0 bridgehead atoms. The molecular weight excluding hydrogens is 312 g/mol. The third-order valence-corrected chi connectivity index (χ3v) is 3.65. The van der Waals surface area contributed by atoms with Crippen molar-refractivity contribution in [2.75, 3.05) is 0 Å². The maximum absolute atomic E-state index is 6.03. The highest BCUT2D eigenvalue weighted by Gasteiger charge is 2.10. The van der Waals surface area contributed by atoms with E-state index in [4.69, 9.17) is 11.6 Å². The van der Waals surface area contributed by atoms with Crippen molar-refractivity contribution in [2.45, 2.75) is 0 Å². The Balaban J connectivity index is 2.27. The molecule has 0 saturated carbocycles. The van der Waals surface area contributed by atoms with Gasteiger partial charge in [0.05, 0.1) is 11.0 Å². The summed E-state index contributed by atoms with van der Waals surface area (Å²) in [6, 6.07) is 13.8. The molecule has 90 valence electrons. The predicted molar refractivity (Wildman–Crippen MR) is 78.9 cm³/mol. The van der Waals surface area contributed by atoms with Gasteiger partial charge in [-0.2, -0.15) is 0 Å². The van der Waals surface area contributed by atoms with Crippen molar-refractivity contribution in [3.8, 4) is 11.4 Å². The molecule has 2 aromatic carbocycles. The zero-order chi connectivity index (χ0) is 12.7. The third-order valence-electron chi connectivity index (χ3n) is 2.93. The van der Waals surface area contributed by atoms with E-state index in [1.165, 1.54) is 0 Å². The van der Waals surface area contributed by atoms with E-state index in [-0.39, 0.29) is 0 Å². The molecule has 0 amide bonds. The lowest BCUT2D eigenvalue weighted by Crippen LogP contribution is -1.92. The molecule has 4 heteroatoms. The van der Waals surface area contributed by atoms with Gasteiger partial charge < -0.3 is 4.57 Å². The Labute approximate surface area is 118 Å². The first-order valence-electron chi connectivity index (χ1n) is 5.53. The molecule has 1 heterocycles. The molecule has 0 aliphatic rings. The van der Waals surface area contributed by atoms with Crippen LogP contribution in [0.1, 0.15) is 0 Å². The van der Waals surface area contributed by atoms with Crippen LogP contribution < -0.4 is 0 Å². The van der Waals surface area contributed by atoms with Crippen LogP contribution in [0.25, 0.3) is 22.4 Å². The molecule has 2 nitrogen and oxygen atoms in total. The second-order valence-electron chi connectivity index (χ2n) is 4.14. The largest absolute Gasteiger partial charge is 0.327 e. The average Bonchev–Trinajstić information content (AvgIpc) is 2.66. The highest BCUT2D eigenvalue weighted by molar-refractivity contribution is 9.10. The molecule has 0 atom stereocenters. The summed E-state index contributed by atoms with van der Waals surface area (Å²) in [5.41, 5.74) is 3.10. The summed E-state index contributed by atoms with van der Waals surface area (Å²) in [6.45, 7) is 0. The minimum Gasteiger partial charge on any atom is -0.327 e. The number of hydrogen-bond donors (Lipinski definition) is 0. The van der Waals surface area contributed by atoms with Gasteiger partial charge in [0, 0.05) is 22.1 Å². The van der Waals surface area contributed by atoms with Gasteiger partial charge in [0.15, 0.2) is 0 Å². The van der Waals surface area contributed by atoms with Crippen molar-refractivity contribution in [3.05, 3.63) is 52.0 Å². The van der Waals surface area contributed by atoms with Gasteiger partial charge in [-0.1, -0.05) is 39.7 Å². The van der Waals surface area contributed by atoms with E-state index >= 15 is 0 Å². The summed E-state index contributed by atoms with van der Waals surface area (Å²) < 4.78 is 3.11. The first-order valence-corrected chi connectivity index (χ1v) is 6.70. The molecule has 0 unspecified atom stereocenters. The Bertz CT molecular complexity index is 734. The van der Waals surface area contributed by atoms with E-state index in [0.29, 0.717) is 0 Å². The summed E-state index contributed by atoms with van der Waals surface area (Å²) in [5, 5.41) is 0.723. The number of aromatic nitrogens is 2. The summed E-state index contributed by atoms with van der Waals surface area (Å²) in [5.74, 6) is 0.922. The predicted octanol–water partition coefficient (Wildman–Crippen LogP) is 4.66. The molecule has 0 saturated heterocycles. The summed E-state index contributed by atoms with van der Waals surface area (Å²) in [4.78, 5) is 4.66. The maximum Gasteiger partial charge on any atom is 0.140 e. The lowest BCUT2D eigenvalue weighted by atomic mass is 10.2. The lowest BCUT2D eigenvalue weighted by molar-refractivity contribution is 0.959. The molecule has 1 aromatic heterocycles. The van der Waals surface area contributed by atoms with Crippen molar-refractivity contribution in [2.24, 2.45) is 7.05 Å². The number of benzene rings is 2. The quantitative estimate of drug-likeness (QED) is 0.637. The molecule has 0 radical (unpaired) electrons. The van der Waals surface area contributed by atoms with Gasteiger partial charge in [-0.05, 0) is 30.3 Å². The Morgan fingerprint density at radius 2 is 2.00 bits per heavy atom. The highest BCUT2D eigenvalue weighted by atomic mass is 79.9. The van der Waals surface area contributed by atoms with Gasteiger partial charge in [-0.3, -0.25) is 0 Å². The fraction of sp³-hybridized carbons (Fsp3) is 0.0714. The number of aryl methyl sites for hydroxylation is 1. The summed E-state index contributed by atoms with van der Waals surface area (Å²) in [7, 11) is 2.01. The number of rotatable bonds is 1. The van der Waals surface area contributed by atoms with Gasteiger partial charge in [0.25, 0.3) is 0 Å². The van der Waals surface area contributed by atoms with Crippen molar-refractivity contribution in [3.63, 3.8) is 0 Å². The van der Waals surface area contributed by atoms with Gasteiger partial charge >= 0.3 is 0 Å². The monoisotopic (exact) mass is 320 g/mol. The van der Waals surface area contributed by atoms with Crippen LogP contribution in [0.5, 0.6) is 0 Å². The minimum atomic E-state index is 0.723. The van der Waals surface area contributed by atoms with Crippen LogP contribution in [0.15, 0.2) is 46.9 Å². The molecule has 18 heavy (non-hydrogen) atoms. The van der Waals surface area contributed by atoms with E-state index in [1.54, 1.807) is 0 Å². The fourth-order valence-electron chi connectivity index (χ4n) is 2.06. The fourth-order valence-corrected chi connectivity index (χ4v) is 2.60. The molecule has 0 N–H and O–H groups in total. The van der Waals surface area contributed by atoms with Crippen molar-refractivity contribution in [1.29, 1.82) is 0 Å². The Morgan fingerprint density at radius 1 is 1.17 bits per heavy atom. The zero-order valence-corrected chi connectivity index (χ0v) is 12.0. The summed E-state index contributed by atoms with van der Waals surface area (Å²) in [6.07, 6.45) is 0. The standard InChI is InChI=1S/C14H10BrClN2/c1-18-13-6-5-10(15)8-12(13)17-14(18)9-3-2-4-11(16)7-9/h2-8H,1H3. The van der Waals surface area contributed by atoms with Crippen LogP contribution in [0.4, 0.5) is 0 Å². The number of imidazole rings is 1. The van der Waals surface area contributed by atoms with Crippen molar-refractivity contribution in [1.82, 2.24) is 9.55 Å². The van der Waals surface area contributed by atoms with E-state index in [2.05, 4.69) is 31.5 Å². The molecule has 0 spiro atoms. The van der Waals surface area contributed by atoms with E-state index in [0.717, 1.165) is 31.9 Å².